The standard InChI is InChI=1S/C12H19N3O3/c1-9-7-11(14-18-9)13-12(17)4-6-15-5-2-3-10(16)8-15/h7,10,16H,2-6,8H2,1H3,(H,13,14,17). The Labute approximate surface area is 106 Å². The zero-order valence-corrected chi connectivity index (χ0v) is 10.6. The molecule has 0 aliphatic carbocycles. The molecule has 6 heteroatoms. The summed E-state index contributed by atoms with van der Waals surface area (Å²) < 4.78 is 4.87. The largest absolute Gasteiger partial charge is 0.392 e. The SMILES string of the molecule is Cc1cc(NC(=O)CCN2CCCC(O)C2)no1. The Bertz CT molecular complexity index is 405. The second-order valence-electron chi connectivity index (χ2n) is 4.72. The van der Waals surface area contributed by atoms with Crippen molar-refractivity contribution < 1.29 is 14.4 Å². The van der Waals surface area contributed by atoms with E-state index in [4.69, 9.17) is 4.52 Å². The number of carbonyl (C=O) groups excluding carboxylic acids is 1. The maximum absolute atomic E-state index is 11.7. The lowest BCUT2D eigenvalue weighted by Gasteiger charge is -2.29. The van der Waals surface area contributed by atoms with Crippen LogP contribution in [0.1, 0.15) is 25.0 Å². The van der Waals surface area contributed by atoms with Crippen LogP contribution in [0.4, 0.5) is 5.82 Å². The van der Waals surface area contributed by atoms with Crippen molar-refractivity contribution in [3.05, 3.63) is 11.8 Å². The summed E-state index contributed by atoms with van der Waals surface area (Å²) >= 11 is 0. The number of β-amino-alcohol motifs (C(OH)–C–C–N with tert-alkyl or cyclic N) is 1. The van der Waals surface area contributed by atoms with E-state index in [1.807, 2.05) is 0 Å². The molecule has 1 aliphatic rings. The molecule has 2 heterocycles. The van der Waals surface area contributed by atoms with Crippen LogP contribution in [0, 0.1) is 6.92 Å². The number of rotatable bonds is 4. The molecule has 1 fully saturated rings. The fraction of sp³-hybridized carbons (Fsp3) is 0.667. The molecule has 0 saturated carbocycles. The van der Waals surface area contributed by atoms with Crippen molar-refractivity contribution in [1.29, 1.82) is 0 Å². The number of anilines is 1. The molecule has 2 rings (SSSR count). The average Bonchev–Trinajstić information content (AvgIpc) is 2.72. The Morgan fingerprint density at radius 2 is 2.56 bits per heavy atom. The summed E-state index contributed by atoms with van der Waals surface area (Å²) in [4.78, 5) is 13.8. The number of aryl methyl sites for hydroxylation is 1. The minimum absolute atomic E-state index is 0.0802. The highest BCUT2D eigenvalue weighted by molar-refractivity contribution is 5.89. The number of carbonyl (C=O) groups is 1. The van der Waals surface area contributed by atoms with Crippen LogP contribution in [0.25, 0.3) is 0 Å². The van der Waals surface area contributed by atoms with Gasteiger partial charge in [-0.05, 0) is 26.3 Å². The topological polar surface area (TPSA) is 78.6 Å². The average molecular weight is 253 g/mol. The third-order valence-corrected chi connectivity index (χ3v) is 3.03. The Hall–Kier alpha value is -1.40. The fourth-order valence-corrected chi connectivity index (χ4v) is 2.12. The molecule has 1 amide bonds. The van der Waals surface area contributed by atoms with Gasteiger partial charge in [-0.3, -0.25) is 4.79 Å². The molecule has 0 radical (unpaired) electrons. The van der Waals surface area contributed by atoms with E-state index in [1.54, 1.807) is 13.0 Å². The monoisotopic (exact) mass is 253 g/mol. The van der Waals surface area contributed by atoms with E-state index in [9.17, 15) is 9.90 Å². The normalized spacial score (nSPS) is 20.9. The maximum atomic E-state index is 11.7. The molecule has 0 bridgehead atoms. The van der Waals surface area contributed by atoms with E-state index < -0.39 is 0 Å². The van der Waals surface area contributed by atoms with E-state index in [0.717, 1.165) is 19.4 Å². The van der Waals surface area contributed by atoms with Gasteiger partial charge in [0.15, 0.2) is 5.82 Å². The van der Waals surface area contributed by atoms with Gasteiger partial charge in [0.25, 0.3) is 0 Å². The molecule has 0 aromatic carbocycles. The summed E-state index contributed by atoms with van der Waals surface area (Å²) in [5.74, 6) is 1.05. The number of aromatic nitrogens is 1. The third kappa shape index (κ3) is 3.82. The van der Waals surface area contributed by atoms with Gasteiger partial charge in [-0.15, -0.1) is 0 Å². The van der Waals surface area contributed by atoms with Crippen LogP contribution in [-0.4, -0.2) is 46.8 Å². The molecule has 1 unspecified atom stereocenters. The fourth-order valence-electron chi connectivity index (χ4n) is 2.12. The van der Waals surface area contributed by atoms with Crippen LogP contribution < -0.4 is 5.32 Å². The minimum Gasteiger partial charge on any atom is -0.392 e. The molecule has 6 nitrogen and oxygen atoms in total. The lowest BCUT2D eigenvalue weighted by Crippen LogP contribution is -2.39. The molecule has 100 valence electrons. The van der Waals surface area contributed by atoms with Crippen molar-refractivity contribution >= 4 is 11.7 Å². The van der Waals surface area contributed by atoms with Gasteiger partial charge >= 0.3 is 0 Å². The third-order valence-electron chi connectivity index (χ3n) is 3.03. The molecule has 18 heavy (non-hydrogen) atoms. The first kappa shape index (κ1) is 13.0. The van der Waals surface area contributed by atoms with E-state index in [2.05, 4.69) is 15.4 Å². The highest BCUT2D eigenvalue weighted by Gasteiger charge is 2.18. The van der Waals surface area contributed by atoms with Crippen LogP contribution >= 0.6 is 0 Å². The van der Waals surface area contributed by atoms with Gasteiger partial charge in [0.05, 0.1) is 6.10 Å². The van der Waals surface area contributed by atoms with E-state index in [0.29, 0.717) is 31.1 Å². The number of likely N-dealkylation sites (tertiary alicyclic amines) is 1. The molecular formula is C12H19N3O3. The van der Waals surface area contributed by atoms with E-state index in [1.165, 1.54) is 0 Å². The van der Waals surface area contributed by atoms with Crippen LogP contribution in [0.3, 0.4) is 0 Å². The predicted molar refractivity (Wildman–Crippen MR) is 66.2 cm³/mol. The number of hydrogen-bond donors (Lipinski definition) is 2. The van der Waals surface area contributed by atoms with Gasteiger partial charge in [-0.1, -0.05) is 5.16 Å². The van der Waals surface area contributed by atoms with Crippen molar-refractivity contribution in [1.82, 2.24) is 10.1 Å². The zero-order valence-electron chi connectivity index (χ0n) is 10.6. The number of amides is 1. The van der Waals surface area contributed by atoms with Crippen LogP contribution in [0.2, 0.25) is 0 Å². The van der Waals surface area contributed by atoms with E-state index >= 15 is 0 Å². The van der Waals surface area contributed by atoms with Crippen molar-refractivity contribution in [2.45, 2.75) is 32.3 Å². The zero-order chi connectivity index (χ0) is 13.0. The molecule has 2 N–H and O–H groups in total. The second-order valence-corrected chi connectivity index (χ2v) is 4.72. The Morgan fingerprint density at radius 3 is 3.22 bits per heavy atom. The van der Waals surface area contributed by atoms with Crippen molar-refractivity contribution in [2.75, 3.05) is 25.0 Å². The first-order valence-corrected chi connectivity index (χ1v) is 6.27. The van der Waals surface area contributed by atoms with Crippen LogP contribution in [-0.2, 0) is 4.79 Å². The first-order chi connectivity index (χ1) is 8.63. The molecule has 1 aromatic rings. The number of aliphatic hydroxyl groups excluding tert-OH is 1. The van der Waals surface area contributed by atoms with Crippen LogP contribution in [0.5, 0.6) is 0 Å². The number of nitrogens with one attached hydrogen (secondary N) is 1. The summed E-state index contributed by atoms with van der Waals surface area (Å²) in [6, 6.07) is 1.68. The van der Waals surface area contributed by atoms with Gasteiger partial charge < -0.3 is 19.8 Å². The smallest absolute Gasteiger partial charge is 0.226 e. The predicted octanol–water partition coefficient (Wildman–Crippen LogP) is 0.768. The lowest BCUT2D eigenvalue weighted by molar-refractivity contribution is -0.116. The molecule has 1 saturated heterocycles. The van der Waals surface area contributed by atoms with Gasteiger partial charge in [0.1, 0.15) is 5.76 Å². The van der Waals surface area contributed by atoms with Gasteiger partial charge in [0.2, 0.25) is 5.91 Å². The number of aliphatic hydroxyl groups is 1. The van der Waals surface area contributed by atoms with Crippen LogP contribution in [0.15, 0.2) is 10.6 Å². The first-order valence-electron chi connectivity index (χ1n) is 6.27. The highest BCUT2D eigenvalue weighted by Crippen LogP contribution is 2.11. The second kappa shape index (κ2) is 5.97. The molecule has 1 atom stereocenters. The summed E-state index contributed by atoms with van der Waals surface area (Å²) in [5, 5.41) is 15.9. The molecule has 1 aromatic heterocycles. The van der Waals surface area contributed by atoms with Crippen molar-refractivity contribution in [3.63, 3.8) is 0 Å². The van der Waals surface area contributed by atoms with Gasteiger partial charge in [-0.25, -0.2) is 0 Å². The molecule has 1 aliphatic heterocycles. The molecule has 0 spiro atoms. The van der Waals surface area contributed by atoms with Gasteiger partial charge in [0, 0.05) is 25.6 Å². The maximum Gasteiger partial charge on any atom is 0.226 e. The molecular weight excluding hydrogens is 234 g/mol. The summed E-state index contributed by atoms with van der Waals surface area (Å²) in [7, 11) is 0. The quantitative estimate of drug-likeness (QED) is 0.828. The summed E-state index contributed by atoms with van der Waals surface area (Å²) in [6.07, 6.45) is 2.00. The van der Waals surface area contributed by atoms with Crippen molar-refractivity contribution in [2.24, 2.45) is 0 Å². The van der Waals surface area contributed by atoms with Gasteiger partial charge in [-0.2, -0.15) is 0 Å². The van der Waals surface area contributed by atoms with Crippen molar-refractivity contribution in [3.8, 4) is 0 Å². The lowest BCUT2D eigenvalue weighted by atomic mass is 10.1. The number of piperidine rings is 1. The Balaban J connectivity index is 1.71. The minimum atomic E-state index is -0.250. The number of nitrogens with zero attached hydrogens (tertiary/aromatic N) is 2. The Morgan fingerprint density at radius 1 is 1.72 bits per heavy atom. The van der Waals surface area contributed by atoms with E-state index in [-0.39, 0.29) is 12.0 Å². The summed E-state index contributed by atoms with van der Waals surface area (Å²) in [5.41, 5.74) is 0. The summed E-state index contributed by atoms with van der Waals surface area (Å²) in [6.45, 7) is 4.06. The Kier molecular flexibility index (Phi) is 4.33. The number of hydrogen-bond acceptors (Lipinski definition) is 5. The highest BCUT2D eigenvalue weighted by atomic mass is 16.5.